The van der Waals surface area contributed by atoms with E-state index in [1.807, 2.05) is 4.90 Å². The van der Waals surface area contributed by atoms with Gasteiger partial charge in [0.2, 0.25) is 0 Å². The van der Waals surface area contributed by atoms with Crippen molar-refractivity contribution in [2.45, 2.75) is 30.7 Å². The van der Waals surface area contributed by atoms with Crippen molar-refractivity contribution in [3.05, 3.63) is 64.4 Å². The van der Waals surface area contributed by atoms with E-state index in [-0.39, 0.29) is 37.4 Å². The summed E-state index contributed by atoms with van der Waals surface area (Å²) in [7, 11) is 0. The summed E-state index contributed by atoms with van der Waals surface area (Å²) in [5.74, 6) is 0.0541. The number of aliphatic hydroxyl groups excluding tert-OH is 1. The van der Waals surface area contributed by atoms with E-state index in [1.54, 1.807) is 0 Å². The highest BCUT2D eigenvalue weighted by molar-refractivity contribution is 6.31. The van der Waals surface area contributed by atoms with Gasteiger partial charge in [0, 0.05) is 19.6 Å². The molecule has 1 fully saturated rings. The van der Waals surface area contributed by atoms with Crippen molar-refractivity contribution in [3.8, 4) is 5.75 Å². The monoisotopic (exact) mass is 447 g/mol. The minimum atomic E-state index is -4.60. The Labute approximate surface area is 176 Å². The molecule has 1 aliphatic heterocycles. The predicted molar refractivity (Wildman–Crippen MR) is 104 cm³/mol. The second kappa shape index (κ2) is 9.09. The zero-order chi connectivity index (χ0) is 21.9. The summed E-state index contributed by atoms with van der Waals surface area (Å²) in [6.07, 6.45) is -4.97. The van der Waals surface area contributed by atoms with Gasteiger partial charge in [-0.2, -0.15) is 13.2 Å². The van der Waals surface area contributed by atoms with Gasteiger partial charge in [0.05, 0.1) is 16.2 Å². The summed E-state index contributed by atoms with van der Waals surface area (Å²) in [5.41, 5.74) is -2.18. The summed E-state index contributed by atoms with van der Waals surface area (Å²) in [6, 6.07) is 8.92. The van der Waals surface area contributed by atoms with E-state index in [9.17, 15) is 27.8 Å². The first-order chi connectivity index (χ1) is 14.1. The molecule has 2 aromatic rings. The zero-order valence-corrected chi connectivity index (χ0v) is 16.8. The molecule has 1 saturated heterocycles. The van der Waals surface area contributed by atoms with Crippen LogP contribution in [-0.2, 0) is 11.8 Å². The molecule has 0 bridgehead atoms. The van der Waals surface area contributed by atoms with E-state index in [2.05, 4.69) is 0 Å². The number of hydrogen-bond acceptors (Lipinski definition) is 4. The van der Waals surface area contributed by atoms with Gasteiger partial charge in [-0.05, 0) is 54.8 Å². The number of likely N-dealkylation sites (tertiary alicyclic amines) is 1. The van der Waals surface area contributed by atoms with Crippen LogP contribution in [0.4, 0.5) is 17.6 Å². The molecule has 3 rings (SSSR count). The van der Waals surface area contributed by atoms with Gasteiger partial charge in [-0.1, -0.05) is 17.7 Å². The molecule has 4 nitrogen and oxygen atoms in total. The second-order valence-corrected chi connectivity index (χ2v) is 7.85. The zero-order valence-electron chi connectivity index (χ0n) is 16.0. The van der Waals surface area contributed by atoms with Gasteiger partial charge >= 0.3 is 6.18 Å². The third-order valence-corrected chi connectivity index (χ3v) is 5.55. The Morgan fingerprint density at radius 2 is 1.73 bits per heavy atom. The Kier molecular flexibility index (Phi) is 6.91. The topological polar surface area (TPSA) is 52.9 Å². The number of piperidine rings is 1. The Morgan fingerprint density at radius 1 is 1.10 bits per heavy atom. The lowest BCUT2D eigenvalue weighted by atomic mass is 9.83. The van der Waals surface area contributed by atoms with Gasteiger partial charge < -0.3 is 19.8 Å². The van der Waals surface area contributed by atoms with Gasteiger partial charge in [-0.15, -0.1) is 0 Å². The number of rotatable bonds is 6. The lowest BCUT2D eigenvalue weighted by Crippen LogP contribution is -2.46. The van der Waals surface area contributed by atoms with Crippen LogP contribution in [0.15, 0.2) is 42.5 Å². The maximum absolute atomic E-state index is 13.1. The average molecular weight is 448 g/mol. The normalized spacial score (nSPS) is 18.2. The SMILES string of the molecule is O[C@H](COc1ccc(F)cc1)CN1CCC(O)(c2ccc(Cl)c(C(F)(F)F)c2)CC1. The molecular formula is C21H22ClF4NO3. The van der Waals surface area contributed by atoms with E-state index < -0.39 is 28.5 Å². The Hall–Kier alpha value is -1.87. The third kappa shape index (κ3) is 5.63. The molecule has 0 aliphatic carbocycles. The molecule has 2 N–H and O–H groups in total. The van der Waals surface area contributed by atoms with Crippen molar-refractivity contribution in [1.82, 2.24) is 4.90 Å². The number of hydrogen-bond donors (Lipinski definition) is 2. The van der Waals surface area contributed by atoms with Gasteiger partial charge in [-0.25, -0.2) is 4.39 Å². The molecule has 1 aliphatic rings. The van der Waals surface area contributed by atoms with Crippen LogP contribution in [0.5, 0.6) is 5.75 Å². The highest BCUT2D eigenvalue weighted by Gasteiger charge is 2.38. The fourth-order valence-electron chi connectivity index (χ4n) is 3.50. The average Bonchev–Trinajstić information content (AvgIpc) is 2.69. The molecule has 30 heavy (non-hydrogen) atoms. The van der Waals surface area contributed by atoms with Crippen LogP contribution in [-0.4, -0.2) is 47.5 Å². The van der Waals surface area contributed by atoms with E-state index in [4.69, 9.17) is 16.3 Å². The Balaban J connectivity index is 1.54. The van der Waals surface area contributed by atoms with E-state index >= 15 is 0 Å². The number of ether oxygens (including phenoxy) is 1. The first-order valence-electron chi connectivity index (χ1n) is 9.45. The molecule has 0 saturated carbocycles. The summed E-state index contributed by atoms with van der Waals surface area (Å²) in [6.45, 7) is 1.09. The maximum atomic E-state index is 13.1. The van der Waals surface area contributed by atoms with Crippen molar-refractivity contribution in [1.29, 1.82) is 0 Å². The quantitative estimate of drug-likeness (QED) is 0.651. The summed E-state index contributed by atoms with van der Waals surface area (Å²) < 4.78 is 57.6. The highest BCUT2D eigenvalue weighted by atomic mass is 35.5. The number of alkyl halides is 3. The molecule has 0 unspecified atom stereocenters. The van der Waals surface area contributed by atoms with Crippen molar-refractivity contribution in [2.24, 2.45) is 0 Å². The van der Waals surface area contributed by atoms with Gasteiger partial charge in [-0.3, -0.25) is 0 Å². The fraction of sp³-hybridized carbons (Fsp3) is 0.429. The number of β-amino-alcohol motifs (C(OH)–C–C–N with tert-alkyl or cyclic N) is 1. The minimum absolute atomic E-state index is 0.0124. The second-order valence-electron chi connectivity index (χ2n) is 7.44. The molecule has 0 spiro atoms. The summed E-state index contributed by atoms with van der Waals surface area (Å²) >= 11 is 5.66. The van der Waals surface area contributed by atoms with E-state index in [1.165, 1.54) is 30.3 Å². The molecule has 9 heteroatoms. The molecule has 0 amide bonds. The third-order valence-electron chi connectivity index (χ3n) is 5.22. The number of halogens is 5. The number of benzene rings is 2. The molecule has 0 radical (unpaired) electrons. The lowest BCUT2D eigenvalue weighted by Gasteiger charge is -2.39. The van der Waals surface area contributed by atoms with Crippen molar-refractivity contribution >= 4 is 11.6 Å². The first-order valence-corrected chi connectivity index (χ1v) is 9.83. The smallest absolute Gasteiger partial charge is 0.417 e. The van der Waals surface area contributed by atoms with Crippen molar-refractivity contribution < 1.29 is 32.5 Å². The number of nitrogens with zero attached hydrogens (tertiary/aromatic N) is 1. The van der Waals surface area contributed by atoms with Crippen LogP contribution in [0.3, 0.4) is 0 Å². The fourth-order valence-corrected chi connectivity index (χ4v) is 3.72. The van der Waals surface area contributed by atoms with Crippen molar-refractivity contribution in [3.63, 3.8) is 0 Å². The number of aliphatic hydroxyl groups is 2. The lowest BCUT2D eigenvalue weighted by molar-refractivity contribution is -0.137. The molecular weight excluding hydrogens is 426 g/mol. The minimum Gasteiger partial charge on any atom is -0.491 e. The standard InChI is InChI=1S/C21H22ClF4NO3/c22-19-6-1-14(11-18(19)21(24,25)26)20(29)7-9-27(10-8-20)12-16(28)13-30-17-4-2-15(23)3-5-17/h1-6,11,16,28-29H,7-10,12-13H2/t16-/m0/s1. The van der Waals surface area contributed by atoms with Gasteiger partial charge in [0.15, 0.2) is 0 Å². The largest absolute Gasteiger partial charge is 0.491 e. The maximum Gasteiger partial charge on any atom is 0.417 e. The summed E-state index contributed by atoms with van der Waals surface area (Å²) in [5, 5.41) is 20.7. The molecule has 1 atom stereocenters. The van der Waals surface area contributed by atoms with E-state index in [0.717, 1.165) is 12.1 Å². The van der Waals surface area contributed by atoms with Crippen LogP contribution in [0.2, 0.25) is 5.02 Å². The van der Waals surface area contributed by atoms with Gasteiger partial charge in [0.1, 0.15) is 24.3 Å². The van der Waals surface area contributed by atoms with Crippen LogP contribution < -0.4 is 4.74 Å². The summed E-state index contributed by atoms with van der Waals surface area (Å²) in [4.78, 5) is 1.91. The molecule has 164 valence electrons. The predicted octanol–water partition coefficient (Wildman–Crippen LogP) is 4.22. The van der Waals surface area contributed by atoms with Gasteiger partial charge in [0.25, 0.3) is 0 Å². The van der Waals surface area contributed by atoms with Crippen LogP contribution in [0.1, 0.15) is 24.0 Å². The van der Waals surface area contributed by atoms with Crippen molar-refractivity contribution in [2.75, 3.05) is 26.2 Å². The molecule has 1 heterocycles. The Bertz CT molecular complexity index is 852. The highest BCUT2D eigenvalue weighted by Crippen LogP contribution is 2.39. The first kappa shape index (κ1) is 22.8. The van der Waals surface area contributed by atoms with Crippen LogP contribution in [0.25, 0.3) is 0 Å². The molecule has 0 aromatic heterocycles. The Morgan fingerprint density at radius 3 is 2.33 bits per heavy atom. The molecule has 2 aromatic carbocycles. The van der Waals surface area contributed by atoms with Crippen LogP contribution in [0, 0.1) is 5.82 Å². The van der Waals surface area contributed by atoms with E-state index in [0.29, 0.717) is 18.8 Å². The van der Waals surface area contributed by atoms with Crippen LogP contribution >= 0.6 is 11.6 Å².